The lowest BCUT2D eigenvalue weighted by Crippen LogP contribution is -2.35. The van der Waals surface area contributed by atoms with Gasteiger partial charge in [0.2, 0.25) is 0 Å². The molecule has 15 heavy (non-hydrogen) atoms. The molecule has 0 aliphatic heterocycles. The maximum atomic E-state index is 11.7. The molecule has 1 aromatic heterocycles. The molecule has 0 aromatic carbocycles. The van der Waals surface area contributed by atoms with Crippen molar-refractivity contribution in [2.24, 2.45) is 0 Å². The van der Waals surface area contributed by atoms with Crippen molar-refractivity contribution in [2.75, 3.05) is 21.1 Å². The van der Waals surface area contributed by atoms with Crippen LogP contribution in [0.25, 0.3) is 0 Å². The van der Waals surface area contributed by atoms with E-state index in [1.165, 1.54) is 11.2 Å². The van der Waals surface area contributed by atoms with Crippen molar-refractivity contribution >= 4 is 10.0 Å². The van der Waals surface area contributed by atoms with E-state index in [1.54, 1.807) is 27.2 Å². The van der Waals surface area contributed by atoms with E-state index in [4.69, 9.17) is 0 Å². The fourth-order valence-corrected chi connectivity index (χ4v) is 2.26. The highest BCUT2D eigenvalue weighted by Gasteiger charge is 2.16. The van der Waals surface area contributed by atoms with Crippen LogP contribution in [-0.4, -0.2) is 39.6 Å². The number of hydrazine groups is 1. The first kappa shape index (κ1) is 12.2. The Kier molecular flexibility index (Phi) is 3.86. The van der Waals surface area contributed by atoms with Crippen LogP contribution < -0.4 is 10.1 Å². The van der Waals surface area contributed by atoms with Gasteiger partial charge in [-0.2, -0.15) is 0 Å². The first-order valence-corrected chi connectivity index (χ1v) is 5.95. The molecule has 0 unspecified atom stereocenters. The molecule has 0 saturated carbocycles. The Hall–Kier alpha value is -0.890. The van der Waals surface area contributed by atoms with Crippen molar-refractivity contribution in [1.82, 2.24) is 20.1 Å². The van der Waals surface area contributed by atoms with Crippen LogP contribution in [0.15, 0.2) is 17.2 Å². The molecule has 0 bridgehead atoms. The Labute approximate surface area is 89.7 Å². The fourth-order valence-electron chi connectivity index (χ4n) is 1.16. The van der Waals surface area contributed by atoms with Gasteiger partial charge >= 0.3 is 0 Å². The largest absolute Gasteiger partial charge is 0.363 e. The molecular formula is C8H16N4O2S. The van der Waals surface area contributed by atoms with Gasteiger partial charge in [-0.1, -0.05) is 0 Å². The van der Waals surface area contributed by atoms with Crippen molar-refractivity contribution in [1.29, 1.82) is 0 Å². The summed E-state index contributed by atoms with van der Waals surface area (Å²) >= 11 is 0. The topological polar surface area (TPSA) is 77.2 Å². The Morgan fingerprint density at radius 1 is 1.47 bits per heavy atom. The third-order valence-corrected chi connectivity index (χ3v) is 3.16. The predicted molar refractivity (Wildman–Crippen MR) is 57.6 cm³/mol. The van der Waals surface area contributed by atoms with Gasteiger partial charge in [0, 0.05) is 32.5 Å². The molecule has 86 valence electrons. The molecule has 0 fully saturated rings. The quantitative estimate of drug-likeness (QED) is 0.598. The number of hydrogen-bond acceptors (Lipinski definition) is 4. The smallest absolute Gasteiger partial charge is 0.254 e. The van der Waals surface area contributed by atoms with Crippen molar-refractivity contribution in [2.45, 2.75) is 11.4 Å². The third kappa shape index (κ3) is 3.31. The van der Waals surface area contributed by atoms with Gasteiger partial charge in [0.1, 0.15) is 4.90 Å². The zero-order valence-electron chi connectivity index (χ0n) is 9.03. The third-order valence-electron chi connectivity index (χ3n) is 1.70. The Bertz CT molecular complexity index is 410. The minimum Gasteiger partial charge on any atom is -0.363 e. The van der Waals surface area contributed by atoms with Crippen LogP contribution in [0.1, 0.15) is 5.69 Å². The van der Waals surface area contributed by atoms with Gasteiger partial charge in [0.05, 0.1) is 0 Å². The number of nitrogens with one attached hydrogen (secondary N) is 3. The molecule has 7 heteroatoms. The van der Waals surface area contributed by atoms with Gasteiger partial charge in [0.25, 0.3) is 10.0 Å². The van der Waals surface area contributed by atoms with E-state index in [0.717, 1.165) is 5.69 Å². The summed E-state index contributed by atoms with van der Waals surface area (Å²) in [6.45, 7) is 0.609. The van der Waals surface area contributed by atoms with Crippen molar-refractivity contribution in [3.8, 4) is 0 Å². The number of hydrogen-bond donors (Lipinski definition) is 3. The van der Waals surface area contributed by atoms with E-state index in [1.807, 2.05) is 0 Å². The monoisotopic (exact) mass is 232 g/mol. The van der Waals surface area contributed by atoms with E-state index in [0.29, 0.717) is 6.54 Å². The Morgan fingerprint density at radius 2 is 2.13 bits per heavy atom. The number of H-pyrrole nitrogens is 1. The summed E-state index contributed by atoms with van der Waals surface area (Å²) in [6, 6.07) is 1.60. The Balaban J connectivity index is 2.86. The van der Waals surface area contributed by atoms with Gasteiger partial charge in [-0.05, 0) is 13.1 Å². The minimum atomic E-state index is -3.44. The van der Waals surface area contributed by atoms with Crippen molar-refractivity contribution in [3.05, 3.63) is 18.0 Å². The molecule has 3 N–H and O–H groups in total. The SMILES string of the molecule is CNCc1cc(S(=O)(=O)NN(C)C)c[nH]1. The van der Waals surface area contributed by atoms with Crippen LogP contribution >= 0.6 is 0 Å². The molecule has 0 aliphatic rings. The maximum Gasteiger partial charge on any atom is 0.254 e. The van der Waals surface area contributed by atoms with Crippen LogP contribution in [0.4, 0.5) is 0 Å². The van der Waals surface area contributed by atoms with Gasteiger partial charge in [-0.3, -0.25) is 0 Å². The second-order valence-corrected chi connectivity index (χ2v) is 5.04. The Morgan fingerprint density at radius 3 is 2.67 bits per heavy atom. The lowest BCUT2D eigenvalue weighted by molar-refractivity contribution is 0.364. The molecule has 1 rings (SSSR count). The van der Waals surface area contributed by atoms with Gasteiger partial charge in [0.15, 0.2) is 0 Å². The highest BCUT2D eigenvalue weighted by molar-refractivity contribution is 7.89. The second kappa shape index (κ2) is 4.75. The molecule has 1 heterocycles. The van der Waals surface area contributed by atoms with E-state index in [9.17, 15) is 8.42 Å². The zero-order chi connectivity index (χ0) is 11.5. The lowest BCUT2D eigenvalue weighted by atomic mass is 10.4. The van der Waals surface area contributed by atoms with Gasteiger partial charge in [-0.25, -0.2) is 13.4 Å². The van der Waals surface area contributed by atoms with E-state index >= 15 is 0 Å². The highest BCUT2D eigenvalue weighted by atomic mass is 32.2. The first-order chi connectivity index (χ1) is 6.95. The van der Waals surface area contributed by atoms with Gasteiger partial charge in [-0.15, -0.1) is 4.83 Å². The standard InChI is InChI=1S/C8H16N4O2S/c1-9-5-7-4-8(6-10-7)15(13,14)11-12(2)3/h4,6,9-11H,5H2,1-3H3. The molecular weight excluding hydrogens is 216 g/mol. The normalized spacial score (nSPS) is 12.3. The number of aromatic nitrogens is 1. The first-order valence-electron chi connectivity index (χ1n) is 4.47. The molecule has 0 aliphatic carbocycles. The maximum absolute atomic E-state index is 11.7. The molecule has 1 aromatic rings. The summed E-state index contributed by atoms with van der Waals surface area (Å²) < 4.78 is 23.3. The summed E-state index contributed by atoms with van der Waals surface area (Å²) in [5, 5.41) is 4.32. The molecule has 0 saturated heterocycles. The van der Waals surface area contributed by atoms with Crippen molar-refractivity contribution < 1.29 is 8.42 Å². The average molecular weight is 232 g/mol. The molecule has 0 amide bonds. The number of sulfonamides is 1. The average Bonchev–Trinajstić information content (AvgIpc) is 2.51. The van der Waals surface area contributed by atoms with Crippen LogP contribution in [-0.2, 0) is 16.6 Å². The highest BCUT2D eigenvalue weighted by Crippen LogP contribution is 2.10. The van der Waals surface area contributed by atoms with Crippen LogP contribution in [0.2, 0.25) is 0 Å². The van der Waals surface area contributed by atoms with Crippen LogP contribution in [0.3, 0.4) is 0 Å². The van der Waals surface area contributed by atoms with E-state index < -0.39 is 10.0 Å². The summed E-state index contributed by atoms with van der Waals surface area (Å²) in [7, 11) is 1.61. The molecule has 0 radical (unpaired) electrons. The summed E-state index contributed by atoms with van der Waals surface area (Å²) in [4.78, 5) is 5.48. The zero-order valence-corrected chi connectivity index (χ0v) is 9.85. The summed E-state index contributed by atoms with van der Waals surface area (Å²) in [5.74, 6) is 0. The summed E-state index contributed by atoms with van der Waals surface area (Å²) in [5.41, 5.74) is 0.830. The summed E-state index contributed by atoms with van der Waals surface area (Å²) in [6.07, 6.45) is 1.47. The predicted octanol–water partition coefficient (Wildman–Crippen LogP) is -0.511. The van der Waals surface area contributed by atoms with Crippen molar-refractivity contribution in [3.63, 3.8) is 0 Å². The van der Waals surface area contributed by atoms with Crippen LogP contribution in [0, 0.1) is 0 Å². The van der Waals surface area contributed by atoms with E-state index in [2.05, 4.69) is 15.1 Å². The second-order valence-electron chi connectivity index (χ2n) is 3.38. The molecule has 6 nitrogen and oxygen atoms in total. The lowest BCUT2D eigenvalue weighted by Gasteiger charge is -2.10. The number of nitrogens with zero attached hydrogens (tertiary/aromatic N) is 1. The van der Waals surface area contributed by atoms with E-state index in [-0.39, 0.29) is 4.90 Å². The van der Waals surface area contributed by atoms with Gasteiger partial charge < -0.3 is 10.3 Å². The number of aromatic amines is 1. The molecule has 0 atom stereocenters. The number of rotatable bonds is 5. The minimum absolute atomic E-state index is 0.237. The molecule has 0 spiro atoms. The fraction of sp³-hybridized carbons (Fsp3) is 0.500. The van der Waals surface area contributed by atoms with Crippen LogP contribution in [0.5, 0.6) is 0 Å².